The largest absolute Gasteiger partial charge is 0.489 e. The quantitative estimate of drug-likeness (QED) is 0.340. The van der Waals surface area contributed by atoms with Gasteiger partial charge in [-0.15, -0.1) is 10.2 Å². The molecule has 4 aromatic rings. The van der Waals surface area contributed by atoms with Crippen LogP contribution in [0.1, 0.15) is 27.2 Å². The van der Waals surface area contributed by atoms with Gasteiger partial charge in [0.05, 0.1) is 29.7 Å². The normalized spacial score (nSPS) is 11.3. The molecule has 0 aliphatic heterocycles. The van der Waals surface area contributed by atoms with Crippen molar-refractivity contribution in [2.45, 2.75) is 39.8 Å². The van der Waals surface area contributed by atoms with Gasteiger partial charge in [-0.3, -0.25) is 4.79 Å². The first-order chi connectivity index (χ1) is 15.5. The van der Waals surface area contributed by atoms with Crippen molar-refractivity contribution in [3.8, 4) is 28.7 Å². The molecule has 32 heavy (non-hydrogen) atoms. The molecule has 4 rings (SSSR count). The van der Waals surface area contributed by atoms with Gasteiger partial charge in [0.1, 0.15) is 11.4 Å². The third kappa shape index (κ3) is 4.60. The van der Waals surface area contributed by atoms with E-state index in [0.717, 1.165) is 16.6 Å². The van der Waals surface area contributed by atoms with Crippen LogP contribution in [0.2, 0.25) is 5.02 Å². The number of hydrogen-bond acceptors (Lipinski definition) is 7. The standard InChI is InChI=1S/C23H23ClN4O4/c1-4-30-20(29)9-12-28-11-8-16-17(7-10-25-21(16)28)23-27-26-22(32-23)15-5-6-19(18(24)13-15)31-14(2)3/h5-8,10-11,13-14H,4,9,12H2,1-3H3. The van der Waals surface area contributed by atoms with Gasteiger partial charge in [-0.05, 0) is 51.1 Å². The average Bonchev–Trinajstić information content (AvgIpc) is 3.41. The van der Waals surface area contributed by atoms with Crippen molar-refractivity contribution in [2.75, 3.05) is 6.61 Å². The Kier molecular flexibility index (Phi) is 6.41. The first kappa shape index (κ1) is 21.8. The highest BCUT2D eigenvalue weighted by Gasteiger charge is 2.17. The summed E-state index contributed by atoms with van der Waals surface area (Å²) in [4.78, 5) is 16.1. The van der Waals surface area contributed by atoms with Gasteiger partial charge >= 0.3 is 5.97 Å². The number of benzene rings is 1. The van der Waals surface area contributed by atoms with E-state index in [2.05, 4.69) is 15.2 Å². The number of halogens is 1. The smallest absolute Gasteiger partial charge is 0.307 e. The van der Waals surface area contributed by atoms with Gasteiger partial charge in [0.15, 0.2) is 0 Å². The minimum Gasteiger partial charge on any atom is -0.489 e. The lowest BCUT2D eigenvalue weighted by atomic mass is 10.2. The molecule has 0 saturated carbocycles. The van der Waals surface area contributed by atoms with E-state index in [-0.39, 0.29) is 18.5 Å². The van der Waals surface area contributed by atoms with Crippen molar-refractivity contribution in [3.05, 3.63) is 47.7 Å². The second kappa shape index (κ2) is 9.40. The molecule has 8 nitrogen and oxygen atoms in total. The molecule has 9 heteroatoms. The van der Waals surface area contributed by atoms with Crippen LogP contribution in [0.3, 0.4) is 0 Å². The lowest BCUT2D eigenvalue weighted by molar-refractivity contribution is -0.143. The summed E-state index contributed by atoms with van der Waals surface area (Å²) in [6.45, 7) is 6.50. The van der Waals surface area contributed by atoms with Crippen LogP contribution in [0.25, 0.3) is 33.9 Å². The third-order valence-electron chi connectivity index (χ3n) is 4.72. The van der Waals surface area contributed by atoms with Crippen LogP contribution in [0.5, 0.6) is 5.75 Å². The van der Waals surface area contributed by atoms with Crippen molar-refractivity contribution in [3.63, 3.8) is 0 Å². The fraction of sp³-hybridized carbons (Fsp3) is 0.304. The second-order valence-corrected chi connectivity index (χ2v) is 7.79. The Morgan fingerprint density at radius 3 is 2.75 bits per heavy atom. The molecule has 0 atom stereocenters. The number of hydrogen-bond donors (Lipinski definition) is 0. The van der Waals surface area contributed by atoms with Gasteiger partial charge in [0, 0.05) is 29.9 Å². The SMILES string of the molecule is CCOC(=O)CCn1ccc2c(-c3nnc(-c4ccc(OC(C)C)c(Cl)c4)o3)ccnc21. The number of rotatable bonds is 8. The van der Waals surface area contributed by atoms with Crippen LogP contribution in [0.15, 0.2) is 47.1 Å². The van der Waals surface area contributed by atoms with E-state index in [1.807, 2.05) is 42.8 Å². The number of carbonyl (C=O) groups excluding carboxylic acids is 1. The molecule has 0 radical (unpaired) electrons. The first-order valence-corrected chi connectivity index (χ1v) is 10.7. The van der Waals surface area contributed by atoms with E-state index in [4.69, 9.17) is 25.5 Å². The number of esters is 1. The van der Waals surface area contributed by atoms with Crippen LogP contribution in [-0.2, 0) is 16.1 Å². The van der Waals surface area contributed by atoms with E-state index in [1.165, 1.54) is 0 Å². The monoisotopic (exact) mass is 454 g/mol. The summed E-state index contributed by atoms with van der Waals surface area (Å²) in [6.07, 6.45) is 3.85. The maximum Gasteiger partial charge on any atom is 0.307 e. The Bertz CT molecular complexity index is 1250. The van der Waals surface area contributed by atoms with Crippen molar-refractivity contribution >= 4 is 28.6 Å². The summed E-state index contributed by atoms with van der Waals surface area (Å²) in [5.74, 6) is 1.08. The molecular weight excluding hydrogens is 432 g/mol. The van der Waals surface area contributed by atoms with Gasteiger partial charge in [0.25, 0.3) is 0 Å². The van der Waals surface area contributed by atoms with Crippen LogP contribution in [0, 0.1) is 0 Å². The number of fused-ring (bicyclic) bond motifs is 1. The van der Waals surface area contributed by atoms with Gasteiger partial charge in [-0.2, -0.15) is 0 Å². The molecular formula is C23H23ClN4O4. The molecule has 0 amide bonds. The van der Waals surface area contributed by atoms with Gasteiger partial charge in [-0.1, -0.05) is 11.6 Å². The lowest BCUT2D eigenvalue weighted by Crippen LogP contribution is -2.08. The van der Waals surface area contributed by atoms with Gasteiger partial charge in [-0.25, -0.2) is 4.98 Å². The number of ether oxygens (including phenoxy) is 2. The first-order valence-electron chi connectivity index (χ1n) is 10.4. The Labute approximate surface area is 190 Å². The van der Waals surface area contributed by atoms with Crippen molar-refractivity contribution in [1.82, 2.24) is 19.7 Å². The van der Waals surface area contributed by atoms with Crippen LogP contribution in [0.4, 0.5) is 0 Å². The Balaban J connectivity index is 1.60. The van der Waals surface area contributed by atoms with Crippen LogP contribution < -0.4 is 4.74 Å². The molecule has 3 heterocycles. The zero-order valence-electron chi connectivity index (χ0n) is 18.0. The molecule has 0 spiro atoms. The van der Waals surface area contributed by atoms with E-state index >= 15 is 0 Å². The highest BCUT2D eigenvalue weighted by Crippen LogP contribution is 2.33. The predicted molar refractivity (Wildman–Crippen MR) is 120 cm³/mol. The fourth-order valence-electron chi connectivity index (χ4n) is 3.33. The Morgan fingerprint density at radius 2 is 2.00 bits per heavy atom. The summed E-state index contributed by atoms with van der Waals surface area (Å²) >= 11 is 6.34. The summed E-state index contributed by atoms with van der Waals surface area (Å²) in [6, 6.07) is 9.10. The van der Waals surface area contributed by atoms with Crippen molar-refractivity contribution in [2.24, 2.45) is 0 Å². The molecule has 0 unspecified atom stereocenters. The zero-order chi connectivity index (χ0) is 22.7. The Hall–Kier alpha value is -3.39. The molecule has 0 bridgehead atoms. The van der Waals surface area contributed by atoms with Crippen LogP contribution in [-0.4, -0.2) is 38.4 Å². The zero-order valence-corrected chi connectivity index (χ0v) is 18.8. The lowest BCUT2D eigenvalue weighted by Gasteiger charge is -2.11. The molecule has 0 aliphatic rings. The van der Waals surface area contributed by atoms with E-state index in [9.17, 15) is 4.79 Å². The van der Waals surface area contributed by atoms with E-state index in [0.29, 0.717) is 41.3 Å². The summed E-state index contributed by atoms with van der Waals surface area (Å²) < 4.78 is 18.5. The number of nitrogens with zero attached hydrogens (tertiary/aromatic N) is 4. The minimum absolute atomic E-state index is 0.0204. The maximum absolute atomic E-state index is 11.7. The fourth-order valence-corrected chi connectivity index (χ4v) is 3.56. The van der Waals surface area contributed by atoms with Gasteiger partial charge in [0.2, 0.25) is 11.8 Å². The topological polar surface area (TPSA) is 92.3 Å². The molecule has 0 aliphatic carbocycles. The average molecular weight is 455 g/mol. The number of carbonyl (C=O) groups is 1. The molecule has 3 aromatic heterocycles. The molecule has 166 valence electrons. The van der Waals surface area contributed by atoms with Crippen molar-refractivity contribution in [1.29, 1.82) is 0 Å². The summed E-state index contributed by atoms with van der Waals surface area (Å²) in [5.41, 5.74) is 2.18. The van der Waals surface area contributed by atoms with E-state index < -0.39 is 0 Å². The highest BCUT2D eigenvalue weighted by atomic mass is 35.5. The molecule has 0 fully saturated rings. The summed E-state index contributed by atoms with van der Waals surface area (Å²) in [7, 11) is 0. The summed E-state index contributed by atoms with van der Waals surface area (Å²) in [5, 5.41) is 9.73. The molecule has 0 saturated heterocycles. The van der Waals surface area contributed by atoms with E-state index in [1.54, 1.807) is 25.3 Å². The number of pyridine rings is 1. The highest BCUT2D eigenvalue weighted by molar-refractivity contribution is 6.32. The molecule has 1 aromatic carbocycles. The molecule has 0 N–H and O–H groups in total. The Morgan fingerprint density at radius 1 is 1.19 bits per heavy atom. The van der Waals surface area contributed by atoms with Crippen molar-refractivity contribution < 1.29 is 18.7 Å². The van der Waals surface area contributed by atoms with Crippen LogP contribution >= 0.6 is 11.6 Å². The second-order valence-electron chi connectivity index (χ2n) is 7.38. The maximum atomic E-state index is 11.7. The number of aryl methyl sites for hydroxylation is 1. The minimum atomic E-state index is -0.240. The number of aromatic nitrogens is 4. The third-order valence-corrected chi connectivity index (χ3v) is 5.02. The van der Waals surface area contributed by atoms with Gasteiger partial charge < -0.3 is 18.5 Å². The predicted octanol–water partition coefficient (Wildman–Crippen LogP) is 5.15.